The molecule has 3 rings (SSSR count). The molecule has 1 aromatic heterocycles. The van der Waals surface area contributed by atoms with Gasteiger partial charge >= 0.3 is 5.97 Å². The highest BCUT2D eigenvalue weighted by atomic mass is 32.1. The van der Waals surface area contributed by atoms with Gasteiger partial charge in [0.2, 0.25) is 0 Å². The molecule has 2 aromatic rings. The van der Waals surface area contributed by atoms with Crippen molar-refractivity contribution in [2.45, 2.75) is 12.8 Å². The van der Waals surface area contributed by atoms with E-state index >= 15 is 0 Å². The minimum Gasteiger partial charge on any atom is -0.481 e. The Morgan fingerprint density at radius 2 is 1.96 bits per heavy atom. The summed E-state index contributed by atoms with van der Waals surface area (Å²) in [6.07, 6.45) is 0.900. The van der Waals surface area contributed by atoms with Crippen molar-refractivity contribution in [3.63, 3.8) is 0 Å². The lowest BCUT2D eigenvalue weighted by Gasteiger charge is -2.29. The first-order valence-electron chi connectivity index (χ1n) is 7.29. The molecule has 1 amide bonds. The van der Waals surface area contributed by atoms with E-state index in [2.05, 4.69) is 4.98 Å². The Bertz CT molecular complexity index is 738. The van der Waals surface area contributed by atoms with E-state index in [0.717, 1.165) is 0 Å². The average Bonchev–Trinajstić information content (AvgIpc) is 3.04. The number of hydrogen-bond acceptors (Lipinski definition) is 4. The SMILES string of the molecule is O=C(O)C1CCN(C(=O)c2csc(-c3ccccc3F)n2)CC1. The molecule has 7 heteroatoms. The third kappa shape index (κ3) is 3.24. The van der Waals surface area contributed by atoms with Crippen molar-refractivity contribution in [2.24, 2.45) is 5.92 Å². The Labute approximate surface area is 136 Å². The van der Waals surface area contributed by atoms with Crippen molar-refractivity contribution in [1.82, 2.24) is 9.88 Å². The van der Waals surface area contributed by atoms with E-state index in [-0.39, 0.29) is 23.3 Å². The number of aromatic nitrogens is 1. The number of carbonyl (C=O) groups is 2. The van der Waals surface area contributed by atoms with Gasteiger partial charge in [0, 0.05) is 24.0 Å². The number of piperidine rings is 1. The molecule has 1 aromatic carbocycles. The number of benzene rings is 1. The first-order valence-corrected chi connectivity index (χ1v) is 8.16. The van der Waals surface area contributed by atoms with Crippen molar-refractivity contribution in [1.29, 1.82) is 0 Å². The Kier molecular flexibility index (Phi) is 4.38. The standard InChI is InChI=1S/C16H15FN2O3S/c17-12-4-2-1-3-11(12)14-18-13(9-23-14)15(20)19-7-5-10(6-8-19)16(21)22/h1-4,9-10H,5-8H2,(H,21,22). The van der Waals surface area contributed by atoms with Gasteiger partial charge in [-0.05, 0) is 25.0 Å². The Morgan fingerprint density at radius 1 is 1.26 bits per heavy atom. The number of carboxylic acid groups (broad SMARTS) is 1. The maximum absolute atomic E-state index is 13.8. The maximum Gasteiger partial charge on any atom is 0.306 e. The van der Waals surface area contributed by atoms with E-state index in [4.69, 9.17) is 5.11 Å². The lowest BCUT2D eigenvalue weighted by atomic mass is 9.97. The number of hydrogen-bond donors (Lipinski definition) is 1. The number of amides is 1. The van der Waals surface area contributed by atoms with Crippen molar-refractivity contribution in [2.75, 3.05) is 13.1 Å². The van der Waals surface area contributed by atoms with Crippen LogP contribution in [-0.4, -0.2) is 40.0 Å². The molecule has 23 heavy (non-hydrogen) atoms. The van der Waals surface area contributed by atoms with Crippen molar-refractivity contribution < 1.29 is 19.1 Å². The molecule has 120 valence electrons. The van der Waals surface area contributed by atoms with Crippen LogP contribution in [0.2, 0.25) is 0 Å². The van der Waals surface area contributed by atoms with Crippen LogP contribution in [0.15, 0.2) is 29.6 Å². The summed E-state index contributed by atoms with van der Waals surface area (Å²) < 4.78 is 13.8. The van der Waals surface area contributed by atoms with Gasteiger partial charge < -0.3 is 10.0 Å². The summed E-state index contributed by atoms with van der Waals surface area (Å²) in [6.45, 7) is 0.810. The van der Waals surface area contributed by atoms with Crippen LogP contribution in [0.5, 0.6) is 0 Å². The number of nitrogens with zero attached hydrogens (tertiary/aromatic N) is 2. The zero-order valence-corrected chi connectivity index (χ0v) is 13.1. The molecule has 1 saturated heterocycles. The number of thiazole rings is 1. The van der Waals surface area contributed by atoms with Gasteiger partial charge in [-0.15, -0.1) is 11.3 Å². The fourth-order valence-corrected chi connectivity index (χ4v) is 3.44. The maximum atomic E-state index is 13.8. The van der Waals surface area contributed by atoms with Gasteiger partial charge in [-0.2, -0.15) is 0 Å². The van der Waals surface area contributed by atoms with Crippen molar-refractivity contribution >= 4 is 23.2 Å². The largest absolute Gasteiger partial charge is 0.481 e. The zero-order chi connectivity index (χ0) is 16.4. The molecule has 0 unspecified atom stereocenters. The van der Waals surface area contributed by atoms with Crippen LogP contribution < -0.4 is 0 Å². The predicted molar refractivity (Wildman–Crippen MR) is 83.8 cm³/mol. The number of aliphatic carboxylic acids is 1. The molecule has 0 spiro atoms. The molecule has 1 fully saturated rings. The average molecular weight is 334 g/mol. The number of carbonyl (C=O) groups excluding carboxylic acids is 1. The molecule has 0 saturated carbocycles. The lowest BCUT2D eigenvalue weighted by Crippen LogP contribution is -2.40. The topological polar surface area (TPSA) is 70.5 Å². The second kappa shape index (κ2) is 6.45. The van der Waals surface area contributed by atoms with E-state index in [1.54, 1.807) is 28.5 Å². The fourth-order valence-electron chi connectivity index (χ4n) is 2.62. The van der Waals surface area contributed by atoms with Gasteiger partial charge in [-0.3, -0.25) is 9.59 Å². The number of carboxylic acids is 1. The van der Waals surface area contributed by atoms with E-state index < -0.39 is 5.97 Å². The monoisotopic (exact) mass is 334 g/mol. The second-order valence-electron chi connectivity index (χ2n) is 5.42. The summed E-state index contributed by atoms with van der Waals surface area (Å²) in [7, 11) is 0. The van der Waals surface area contributed by atoms with Gasteiger partial charge in [-0.1, -0.05) is 12.1 Å². The molecule has 2 heterocycles. The normalized spacial score (nSPS) is 15.6. The predicted octanol–water partition coefficient (Wildman–Crippen LogP) is 2.89. The van der Waals surface area contributed by atoms with Crippen LogP contribution in [-0.2, 0) is 4.79 Å². The summed E-state index contributed by atoms with van der Waals surface area (Å²) in [4.78, 5) is 29.2. The van der Waals surface area contributed by atoms with Gasteiger partial charge in [-0.25, -0.2) is 9.37 Å². The molecule has 1 N–H and O–H groups in total. The van der Waals surface area contributed by atoms with E-state index in [0.29, 0.717) is 36.5 Å². The van der Waals surface area contributed by atoms with Gasteiger partial charge in [0.15, 0.2) is 0 Å². The van der Waals surface area contributed by atoms with Crippen LogP contribution in [0.4, 0.5) is 4.39 Å². The van der Waals surface area contributed by atoms with Crippen LogP contribution in [0.1, 0.15) is 23.3 Å². The molecule has 5 nitrogen and oxygen atoms in total. The van der Waals surface area contributed by atoms with Crippen LogP contribution in [0, 0.1) is 11.7 Å². The quantitative estimate of drug-likeness (QED) is 0.937. The Morgan fingerprint density at radius 3 is 2.61 bits per heavy atom. The lowest BCUT2D eigenvalue weighted by molar-refractivity contribution is -0.143. The molecular weight excluding hydrogens is 319 g/mol. The second-order valence-corrected chi connectivity index (χ2v) is 6.28. The molecule has 1 aliphatic heterocycles. The summed E-state index contributed by atoms with van der Waals surface area (Å²) in [6, 6.07) is 6.30. The molecular formula is C16H15FN2O3S. The van der Waals surface area contributed by atoms with Gasteiger partial charge in [0.05, 0.1) is 5.92 Å². The molecule has 1 aliphatic rings. The summed E-state index contributed by atoms with van der Waals surface area (Å²) in [5.74, 6) is -1.80. The summed E-state index contributed by atoms with van der Waals surface area (Å²) in [5, 5.41) is 11.1. The first kappa shape index (κ1) is 15.6. The van der Waals surface area contributed by atoms with E-state index in [9.17, 15) is 14.0 Å². The van der Waals surface area contributed by atoms with Gasteiger partial charge in [0.1, 0.15) is 16.5 Å². The van der Waals surface area contributed by atoms with E-state index in [1.165, 1.54) is 17.4 Å². The summed E-state index contributed by atoms with van der Waals surface area (Å²) in [5.41, 5.74) is 0.656. The number of likely N-dealkylation sites (tertiary alicyclic amines) is 1. The van der Waals surface area contributed by atoms with Crippen molar-refractivity contribution in [3.8, 4) is 10.6 Å². The zero-order valence-electron chi connectivity index (χ0n) is 12.2. The highest BCUT2D eigenvalue weighted by Gasteiger charge is 2.28. The fraction of sp³-hybridized carbons (Fsp3) is 0.312. The third-order valence-corrected chi connectivity index (χ3v) is 4.83. The third-order valence-electron chi connectivity index (χ3n) is 3.96. The molecule has 0 bridgehead atoms. The first-order chi connectivity index (χ1) is 11.1. The van der Waals surface area contributed by atoms with Gasteiger partial charge in [0.25, 0.3) is 5.91 Å². The van der Waals surface area contributed by atoms with Crippen LogP contribution >= 0.6 is 11.3 Å². The molecule has 0 radical (unpaired) electrons. The smallest absolute Gasteiger partial charge is 0.306 e. The molecule has 0 aliphatic carbocycles. The van der Waals surface area contributed by atoms with Crippen LogP contribution in [0.3, 0.4) is 0 Å². The van der Waals surface area contributed by atoms with E-state index in [1.807, 2.05) is 0 Å². The minimum atomic E-state index is -0.812. The highest BCUT2D eigenvalue weighted by molar-refractivity contribution is 7.13. The number of rotatable bonds is 3. The Hall–Kier alpha value is -2.28. The highest BCUT2D eigenvalue weighted by Crippen LogP contribution is 2.27. The van der Waals surface area contributed by atoms with Crippen molar-refractivity contribution in [3.05, 3.63) is 41.2 Å². The Balaban J connectivity index is 1.72. The minimum absolute atomic E-state index is 0.229. The van der Waals surface area contributed by atoms with Crippen LogP contribution in [0.25, 0.3) is 10.6 Å². The summed E-state index contributed by atoms with van der Waals surface area (Å²) >= 11 is 1.22. The molecule has 0 atom stereocenters. The number of halogens is 1.